The molecule has 11 heteroatoms. The monoisotopic (exact) mass is 532 g/mol. The maximum atomic E-state index is 13.1. The number of nitrogens with one attached hydrogen (secondary N) is 2. The molecule has 37 heavy (non-hydrogen) atoms. The topological polar surface area (TPSA) is 83.6 Å². The summed E-state index contributed by atoms with van der Waals surface area (Å²) in [5, 5.41) is 4.54. The van der Waals surface area contributed by atoms with Crippen molar-refractivity contribution in [2.75, 3.05) is 23.7 Å². The first-order valence-corrected chi connectivity index (χ1v) is 11.9. The van der Waals surface area contributed by atoms with Gasteiger partial charge in [0.2, 0.25) is 0 Å². The number of amides is 3. The van der Waals surface area contributed by atoms with Crippen molar-refractivity contribution in [3.8, 4) is 5.75 Å². The molecule has 0 spiro atoms. The van der Waals surface area contributed by atoms with Crippen molar-refractivity contribution in [3.05, 3.63) is 82.6 Å². The first-order valence-electron chi connectivity index (χ1n) is 11.5. The van der Waals surface area contributed by atoms with E-state index in [2.05, 4.69) is 15.6 Å². The Hall–Kier alpha value is -3.79. The Morgan fingerprint density at radius 3 is 2.38 bits per heavy atom. The minimum absolute atomic E-state index is 0.0506. The Bertz CT molecular complexity index is 1280. The van der Waals surface area contributed by atoms with Crippen LogP contribution in [0.25, 0.3) is 0 Å². The van der Waals surface area contributed by atoms with Gasteiger partial charge < -0.3 is 20.3 Å². The van der Waals surface area contributed by atoms with E-state index in [9.17, 15) is 22.8 Å². The lowest BCUT2D eigenvalue weighted by Gasteiger charge is -2.32. The average molecular weight is 533 g/mol. The normalized spacial score (nSPS) is 14.2. The number of anilines is 2. The van der Waals surface area contributed by atoms with Gasteiger partial charge in [-0.25, -0.2) is 4.79 Å². The van der Waals surface area contributed by atoms with Gasteiger partial charge in [0.1, 0.15) is 11.9 Å². The number of pyridine rings is 1. The van der Waals surface area contributed by atoms with Gasteiger partial charge in [-0.3, -0.25) is 9.78 Å². The fourth-order valence-corrected chi connectivity index (χ4v) is 4.17. The minimum Gasteiger partial charge on any atom is -0.490 e. The van der Waals surface area contributed by atoms with Gasteiger partial charge in [-0.2, -0.15) is 13.2 Å². The fraction of sp³-hybridized carbons (Fsp3) is 0.269. The van der Waals surface area contributed by atoms with Gasteiger partial charge in [0.05, 0.1) is 16.1 Å². The third-order valence-corrected chi connectivity index (χ3v) is 6.24. The van der Waals surface area contributed by atoms with E-state index in [1.807, 2.05) is 6.92 Å². The Labute approximate surface area is 216 Å². The number of halogens is 4. The Kier molecular flexibility index (Phi) is 7.87. The lowest BCUT2D eigenvalue weighted by atomic mass is 10.1. The summed E-state index contributed by atoms with van der Waals surface area (Å²) < 4.78 is 45.4. The summed E-state index contributed by atoms with van der Waals surface area (Å²) in [5.41, 5.74) is 0.721. The summed E-state index contributed by atoms with van der Waals surface area (Å²) >= 11 is 5.63. The van der Waals surface area contributed by atoms with E-state index in [4.69, 9.17) is 16.3 Å². The second kappa shape index (κ2) is 11.1. The third-order valence-electron chi connectivity index (χ3n) is 5.91. The van der Waals surface area contributed by atoms with Gasteiger partial charge in [-0.05, 0) is 48.9 Å². The van der Waals surface area contributed by atoms with Crippen LogP contribution in [0.15, 0.2) is 60.9 Å². The first-order chi connectivity index (χ1) is 17.6. The summed E-state index contributed by atoms with van der Waals surface area (Å²) in [6.07, 6.45) is -0.311. The van der Waals surface area contributed by atoms with Crippen LogP contribution in [0.1, 0.15) is 34.3 Å². The second-order valence-electron chi connectivity index (χ2n) is 8.60. The molecule has 1 saturated heterocycles. The number of rotatable bonds is 5. The molecule has 1 aliphatic heterocycles. The van der Waals surface area contributed by atoms with Gasteiger partial charge in [-0.15, -0.1) is 0 Å². The van der Waals surface area contributed by atoms with Crippen LogP contribution in [0.4, 0.5) is 29.3 Å². The number of likely N-dealkylation sites (tertiary alicyclic amines) is 1. The number of piperidine rings is 1. The van der Waals surface area contributed by atoms with Crippen molar-refractivity contribution in [3.63, 3.8) is 0 Å². The molecule has 194 valence electrons. The quantitative estimate of drug-likeness (QED) is 0.399. The predicted octanol–water partition coefficient (Wildman–Crippen LogP) is 6.39. The Morgan fingerprint density at radius 2 is 1.73 bits per heavy atom. The lowest BCUT2D eigenvalue weighted by molar-refractivity contribution is -0.137. The summed E-state index contributed by atoms with van der Waals surface area (Å²) in [5.74, 6) is 0.503. The molecule has 0 atom stereocenters. The standard InChI is InChI=1S/C26H24ClF3N4O3/c1-16-4-5-19(33-25(36)32-18-6-7-22(27)21(13-18)26(28,29)30)14-23(16)37-20-8-11-34(12-9-20)24(35)17-3-2-10-31-15-17/h2-7,10,13-15,20H,8-9,11-12H2,1H3,(H2,32,33,36). The van der Waals surface area contributed by atoms with Crippen molar-refractivity contribution in [2.24, 2.45) is 0 Å². The molecule has 0 unspecified atom stereocenters. The van der Waals surface area contributed by atoms with Gasteiger partial charge in [0, 0.05) is 55.8 Å². The van der Waals surface area contributed by atoms with Crippen LogP contribution in [0.5, 0.6) is 5.75 Å². The number of hydrogen-bond donors (Lipinski definition) is 2. The number of hydrogen-bond acceptors (Lipinski definition) is 4. The smallest absolute Gasteiger partial charge is 0.417 e. The van der Waals surface area contributed by atoms with Crippen LogP contribution in [-0.4, -0.2) is 41.0 Å². The average Bonchev–Trinajstić information content (AvgIpc) is 2.87. The van der Waals surface area contributed by atoms with E-state index < -0.39 is 22.8 Å². The maximum Gasteiger partial charge on any atom is 0.417 e. The number of aromatic nitrogens is 1. The van der Waals surface area contributed by atoms with Crippen molar-refractivity contribution >= 4 is 34.9 Å². The molecule has 4 rings (SSSR count). The lowest BCUT2D eigenvalue weighted by Crippen LogP contribution is -2.41. The molecule has 1 fully saturated rings. The van der Waals surface area contributed by atoms with Gasteiger partial charge in [-0.1, -0.05) is 17.7 Å². The Morgan fingerprint density at radius 1 is 1.05 bits per heavy atom. The Balaban J connectivity index is 1.34. The highest BCUT2D eigenvalue weighted by molar-refractivity contribution is 6.31. The zero-order valence-corrected chi connectivity index (χ0v) is 20.6. The summed E-state index contributed by atoms with van der Waals surface area (Å²) in [7, 11) is 0. The highest BCUT2D eigenvalue weighted by Gasteiger charge is 2.33. The third kappa shape index (κ3) is 6.71. The molecule has 2 N–H and O–H groups in total. The van der Waals surface area contributed by atoms with Gasteiger partial charge in [0.15, 0.2) is 0 Å². The number of carbonyl (C=O) groups excluding carboxylic acids is 2. The number of aryl methyl sites for hydroxylation is 1. The molecule has 3 amide bonds. The number of urea groups is 1. The first kappa shape index (κ1) is 26.3. The van der Waals surface area contributed by atoms with E-state index in [0.717, 1.165) is 17.7 Å². The molecule has 3 aromatic rings. The molecule has 0 radical (unpaired) electrons. The van der Waals surface area contributed by atoms with Crippen LogP contribution >= 0.6 is 11.6 Å². The van der Waals surface area contributed by atoms with Crippen molar-refractivity contribution in [1.29, 1.82) is 0 Å². The molecule has 1 aromatic heterocycles. The van der Waals surface area contributed by atoms with E-state index in [1.54, 1.807) is 47.6 Å². The fourth-order valence-electron chi connectivity index (χ4n) is 3.95. The second-order valence-corrected chi connectivity index (χ2v) is 9.01. The van der Waals surface area contributed by atoms with Crippen LogP contribution in [0, 0.1) is 6.92 Å². The number of ether oxygens (including phenoxy) is 1. The number of benzene rings is 2. The molecular formula is C26H24ClF3N4O3. The maximum absolute atomic E-state index is 13.1. The van der Waals surface area contributed by atoms with Gasteiger partial charge in [0.25, 0.3) is 5.91 Å². The summed E-state index contributed by atoms with van der Waals surface area (Å²) in [6.45, 7) is 2.95. The van der Waals surface area contributed by atoms with E-state index >= 15 is 0 Å². The summed E-state index contributed by atoms with van der Waals surface area (Å²) in [4.78, 5) is 30.8. The number of nitrogens with zero attached hydrogens (tertiary/aromatic N) is 2. The molecule has 0 bridgehead atoms. The zero-order chi connectivity index (χ0) is 26.6. The molecule has 0 saturated carbocycles. The minimum atomic E-state index is -4.64. The molecule has 2 aromatic carbocycles. The van der Waals surface area contributed by atoms with Crippen LogP contribution in [0.3, 0.4) is 0 Å². The zero-order valence-electron chi connectivity index (χ0n) is 19.8. The largest absolute Gasteiger partial charge is 0.490 e. The molecule has 7 nitrogen and oxygen atoms in total. The van der Waals surface area contributed by atoms with Gasteiger partial charge >= 0.3 is 12.2 Å². The highest BCUT2D eigenvalue weighted by atomic mass is 35.5. The van der Waals surface area contributed by atoms with Crippen molar-refractivity contribution in [1.82, 2.24) is 9.88 Å². The van der Waals surface area contributed by atoms with E-state index in [1.165, 1.54) is 6.07 Å². The number of carbonyl (C=O) groups is 2. The van der Waals surface area contributed by atoms with Crippen LogP contribution in [-0.2, 0) is 6.18 Å². The van der Waals surface area contributed by atoms with Crippen molar-refractivity contribution < 1.29 is 27.5 Å². The van der Waals surface area contributed by atoms with Crippen LogP contribution < -0.4 is 15.4 Å². The molecule has 2 heterocycles. The molecule has 1 aliphatic rings. The predicted molar refractivity (Wildman–Crippen MR) is 134 cm³/mol. The highest BCUT2D eigenvalue weighted by Crippen LogP contribution is 2.36. The molecular weight excluding hydrogens is 509 g/mol. The van der Waals surface area contributed by atoms with E-state index in [-0.39, 0.29) is 17.7 Å². The van der Waals surface area contributed by atoms with Crippen molar-refractivity contribution in [2.45, 2.75) is 32.0 Å². The van der Waals surface area contributed by atoms with E-state index in [0.29, 0.717) is 42.9 Å². The summed E-state index contributed by atoms with van der Waals surface area (Å²) in [6, 6.07) is 11.0. The SMILES string of the molecule is Cc1ccc(NC(=O)Nc2ccc(Cl)c(C(F)(F)F)c2)cc1OC1CCN(C(=O)c2cccnc2)CC1. The molecule has 0 aliphatic carbocycles. The van der Waals surface area contributed by atoms with Crippen LogP contribution in [0.2, 0.25) is 5.02 Å². The number of alkyl halides is 3.